The topological polar surface area (TPSA) is 89.1 Å². The second-order valence-electron chi connectivity index (χ2n) is 3.50. The third-order valence-corrected chi connectivity index (χ3v) is 2.24. The minimum absolute atomic E-state index is 0. The average molecular weight is 254 g/mol. The van der Waals surface area contributed by atoms with Crippen LogP contribution in [0.3, 0.4) is 0 Å². The Morgan fingerprint density at radius 1 is 1.35 bits per heavy atom. The number of aromatic nitrogens is 2. The van der Waals surface area contributed by atoms with E-state index < -0.39 is 12.0 Å². The summed E-state index contributed by atoms with van der Waals surface area (Å²) in [5.74, 6) is -1.03. The van der Waals surface area contributed by atoms with E-state index in [4.69, 9.17) is 10.8 Å². The van der Waals surface area contributed by atoms with Gasteiger partial charge in [0.2, 0.25) is 0 Å². The molecule has 17 heavy (non-hydrogen) atoms. The molecule has 0 unspecified atom stereocenters. The summed E-state index contributed by atoms with van der Waals surface area (Å²) in [5, 5.41) is 8.68. The number of benzene rings is 1. The summed E-state index contributed by atoms with van der Waals surface area (Å²) in [7, 11) is 0. The Morgan fingerprint density at radius 3 is 2.65 bits per heavy atom. The standard InChI is InChI=1S/C11H11N3O2.ClH/c12-8(11(15)16)5-7-6-13-9-3-1-2-4-10(9)14-7;/h1-4,6,8H,5,12H2,(H,15,16);1H/t8-;/m0./s1. The van der Waals surface area contributed by atoms with Crippen molar-refractivity contribution in [2.75, 3.05) is 0 Å². The first kappa shape index (κ1) is 13.3. The molecule has 1 aromatic heterocycles. The number of carbonyl (C=O) groups is 1. The molecule has 3 N–H and O–H groups in total. The number of aliphatic carboxylic acids is 1. The van der Waals surface area contributed by atoms with Gasteiger partial charge in [-0.05, 0) is 12.1 Å². The lowest BCUT2D eigenvalue weighted by molar-refractivity contribution is -0.138. The van der Waals surface area contributed by atoms with Gasteiger partial charge in [-0.3, -0.25) is 9.78 Å². The van der Waals surface area contributed by atoms with Crippen molar-refractivity contribution in [3.63, 3.8) is 0 Å². The lowest BCUT2D eigenvalue weighted by atomic mass is 10.2. The lowest BCUT2D eigenvalue weighted by Gasteiger charge is -2.05. The van der Waals surface area contributed by atoms with Crippen molar-refractivity contribution >= 4 is 29.4 Å². The normalized spacial score (nSPS) is 11.8. The quantitative estimate of drug-likeness (QED) is 0.852. The van der Waals surface area contributed by atoms with Crippen molar-refractivity contribution in [2.45, 2.75) is 12.5 Å². The maximum absolute atomic E-state index is 10.6. The minimum Gasteiger partial charge on any atom is -0.480 e. The molecule has 1 aromatic carbocycles. The molecule has 0 bridgehead atoms. The maximum atomic E-state index is 10.6. The van der Waals surface area contributed by atoms with Crippen LogP contribution >= 0.6 is 12.4 Å². The number of hydrogen-bond donors (Lipinski definition) is 2. The summed E-state index contributed by atoms with van der Waals surface area (Å²) in [6.07, 6.45) is 1.75. The van der Waals surface area contributed by atoms with Crippen LogP contribution in [0.2, 0.25) is 0 Å². The minimum atomic E-state index is -1.03. The third kappa shape index (κ3) is 3.12. The first-order valence-electron chi connectivity index (χ1n) is 4.86. The Hall–Kier alpha value is -1.72. The maximum Gasteiger partial charge on any atom is 0.320 e. The Bertz CT molecular complexity index is 533. The van der Waals surface area contributed by atoms with Gasteiger partial charge in [-0.2, -0.15) is 0 Å². The summed E-state index contributed by atoms with van der Waals surface area (Å²) >= 11 is 0. The molecule has 0 radical (unpaired) electrons. The number of hydrogen-bond acceptors (Lipinski definition) is 4. The lowest BCUT2D eigenvalue weighted by Crippen LogP contribution is -2.32. The zero-order chi connectivity index (χ0) is 11.5. The van der Waals surface area contributed by atoms with Gasteiger partial charge in [-0.25, -0.2) is 4.98 Å². The third-order valence-electron chi connectivity index (χ3n) is 2.24. The zero-order valence-electron chi connectivity index (χ0n) is 8.91. The van der Waals surface area contributed by atoms with E-state index in [0.29, 0.717) is 5.69 Å². The van der Waals surface area contributed by atoms with Crippen LogP contribution < -0.4 is 5.73 Å². The van der Waals surface area contributed by atoms with Crippen LogP contribution in [0.1, 0.15) is 5.69 Å². The van der Waals surface area contributed by atoms with E-state index in [0.717, 1.165) is 11.0 Å². The summed E-state index contributed by atoms with van der Waals surface area (Å²) < 4.78 is 0. The van der Waals surface area contributed by atoms with E-state index in [1.807, 2.05) is 24.3 Å². The largest absolute Gasteiger partial charge is 0.480 e. The molecule has 0 saturated heterocycles. The molecular formula is C11H12ClN3O2. The summed E-state index contributed by atoms with van der Waals surface area (Å²) in [6.45, 7) is 0. The number of halogens is 1. The second-order valence-corrected chi connectivity index (χ2v) is 3.50. The second kappa shape index (κ2) is 5.56. The highest BCUT2D eigenvalue weighted by molar-refractivity contribution is 5.85. The van der Waals surface area contributed by atoms with Crippen LogP contribution in [-0.4, -0.2) is 27.1 Å². The van der Waals surface area contributed by atoms with Gasteiger partial charge in [-0.15, -0.1) is 12.4 Å². The predicted molar refractivity (Wildman–Crippen MR) is 66.1 cm³/mol. The van der Waals surface area contributed by atoms with E-state index in [2.05, 4.69) is 9.97 Å². The van der Waals surface area contributed by atoms with Crippen molar-refractivity contribution in [3.8, 4) is 0 Å². The number of rotatable bonds is 3. The molecule has 0 spiro atoms. The SMILES string of the molecule is Cl.N[C@@H](Cc1cnc2ccccc2n1)C(=O)O. The Labute approximate surface area is 104 Å². The molecule has 0 amide bonds. The molecule has 1 heterocycles. The molecule has 90 valence electrons. The molecule has 5 nitrogen and oxygen atoms in total. The number of fused-ring (bicyclic) bond motifs is 1. The summed E-state index contributed by atoms with van der Waals surface area (Å²) in [5.41, 5.74) is 7.55. The van der Waals surface area contributed by atoms with Crippen LogP contribution in [0.15, 0.2) is 30.5 Å². The number of carboxylic acid groups (broad SMARTS) is 1. The van der Waals surface area contributed by atoms with Crippen molar-refractivity contribution < 1.29 is 9.90 Å². The molecular weight excluding hydrogens is 242 g/mol. The fourth-order valence-corrected chi connectivity index (χ4v) is 1.41. The molecule has 2 aromatic rings. The number of carboxylic acids is 1. The van der Waals surface area contributed by atoms with Crippen molar-refractivity contribution in [2.24, 2.45) is 5.73 Å². The van der Waals surface area contributed by atoms with Gasteiger partial charge in [-0.1, -0.05) is 12.1 Å². The van der Waals surface area contributed by atoms with Crippen molar-refractivity contribution in [1.29, 1.82) is 0 Å². The van der Waals surface area contributed by atoms with Crippen LogP contribution in [0.5, 0.6) is 0 Å². The molecule has 6 heteroatoms. The number of nitrogens with two attached hydrogens (primary N) is 1. The number of para-hydroxylation sites is 2. The highest BCUT2D eigenvalue weighted by Crippen LogP contribution is 2.09. The summed E-state index contributed by atoms with van der Waals surface area (Å²) in [4.78, 5) is 19.1. The van der Waals surface area contributed by atoms with Crippen LogP contribution in [-0.2, 0) is 11.2 Å². The molecule has 2 rings (SSSR count). The summed E-state index contributed by atoms with van der Waals surface area (Å²) in [6, 6.07) is 6.48. The molecule has 0 fully saturated rings. The molecule has 0 aliphatic heterocycles. The van der Waals surface area contributed by atoms with Gasteiger partial charge >= 0.3 is 5.97 Å². The van der Waals surface area contributed by atoms with E-state index in [-0.39, 0.29) is 18.8 Å². The van der Waals surface area contributed by atoms with Crippen LogP contribution in [0, 0.1) is 0 Å². The van der Waals surface area contributed by atoms with Gasteiger partial charge < -0.3 is 10.8 Å². The van der Waals surface area contributed by atoms with Gasteiger partial charge in [0.1, 0.15) is 6.04 Å². The highest BCUT2D eigenvalue weighted by Gasteiger charge is 2.13. The monoisotopic (exact) mass is 253 g/mol. The first-order valence-corrected chi connectivity index (χ1v) is 4.86. The van der Waals surface area contributed by atoms with E-state index in [9.17, 15) is 4.79 Å². The van der Waals surface area contributed by atoms with E-state index in [1.165, 1.54) is 0 Å². The average Bonchev–Trinajstić information content (AvgIpc) is 2.28. The van der Waals surface area contributed by atoms with Gasteiger partial charge in [0.25, 0.3) is 0 Å². The predicted octanol–water partition coefficient (Wildman–Crippen LogP) is 1.01. The fourth-order valence-electron chi connectivity index (χ4n) is 1.41. The Morgan fingerprint density at radius 2 is 2.00 bits per heavy atom. The van der Waals surface area contributed by atoms with Gasteiger partial charge in [0.05, 0.1) is 16.7 Å². The molecule has 0 saturated carbocycles. The highest BCUT2D eigenvalue weighted by atomic mass is 35.5. The molecule has 1 atom stereocenters. The van der Waals surface area contributed by atoms with Gasteiger partial charge in [0.15, 0.2) is 0 Å². The van der Waals surface area contributed by atoms with E-state index in [1.54, 1.807) is 6.20 Å². The Balaban J connectivity index is 0.00000144. The zero-order valence-corrected chi connectivity index (χ0v) is 9.72. The first-order chi connectivity index (χ1) is 7.66. The van der Waals surface area contributed by atoms with Crippen molar-refractivity contribution in [3.05, 3.63) is 36.2 Å². The smallest absolute Gasteiger partial charge is 0.320 e. The van der Waals surface area contributed by atoms with Gasteiger partial charge in [0, 0.05) is 12.6 Å². The molecule has 0 aliphatic carbocycles. The number of nitrogens with zero attached hydrogens (tertiary/aromatic N) is 2. The van der Waals surface area contributed by atoms with Crippen LogP contribution in [0.25, 0.3) is 11.0 Å². The Kier molecular flexibility index (Phi) is 4.37. The fraction of sp³-hybridized carbons (Fsp3) is 0.182. The van der Waals surface area contributed by atoms with E-state index >= 15 is 0 Å². The molecule has 0 aliphatic rings. The van der Waals surface area contributed by atoms with Crippen molar-refractivity contribution in [1.82, 2.24) is 9.97 Å². The van der Waals surface area contributed by atoms with Crippen LogP contribution in [0.4, 0.5) is 0 Å².